The zero-order valence-corrected chi connectivity index (χ0v) is 16.4. The number of carbonyl (C=O) groups is 1. The SMILES string of the molecule is O=C(NCc1ccc(F)cc1)C1CCN(c2ccc3c(Cl)ccnc3c2F)CC1. The normalized spacial score (nSPS) is 14.9. The Kier molecular flexibility index (Phi) is 5.62. The van der Waals surface area contributed by atoms with Gasteiger partial charge in [-0.15, -0.1) is 0 Å². The fraction of sp³-hybridized carbons (Fsp3) is 0.273. The third-order valence-corrected chi connectivity index (χ3v) is 5.69. The fourth-order valence-electron chi connectivity index (χ4n) is 3.70. The van der Waals surface area contributed by atoms with Crippen LogP contribution in [0, 0.1) is 17.6 Å². The number of nitrogens with zero attached hydrogens (tertiary/aromatic N) is 2. The van der Waals surface area contributed by atoms with Crippen LogP contribution in [0.15, 0.2) is 48.7 Å². The Morgan fingerprint density at radius 2 is 1.83 bits per heavy atom. The van der Waals surface area contributed by atoms with Gasteiger partial charge in [0.05, 0.1) is 10.7 Å². The van der Waals surface area contributed by atoms with Crippen LogP contribution < -0.4 is 10.2 Å². The smallest absolute Gasteiger partial charge is 0.223 e. The fourth-order valence-corrected chi connectivity index (χ4v) is 3.91. The van der Waals surface area contributed by atoms with E-state index < -0.39 is 0 Å². The molecule has 1 fully saturated rings. The molecule has 150 valence electrons. The third kappa shape index (κ3) is 4.17. The van der Waals surface area contributed by atoms with Gasteiger partial charge in [-0.05, 0) is 48.7 Å². The van der Waals surface area contributed by atoms with E-state index in [2.05, 4.69) is 10.3 Å². The lowest BCUT2D eigenvalue weighted by Gasteiger charge is -2.33. The molecule has 1 aliphatic rings. The number of anilines is 1. The topological polar surface area (TPSA) is 45.2 Å². The lowest BCUT2D eigenvalue weighted by atomic mass is 9.95. The molecule has 3 aromatic rings. The van der Waals surface area contributed by atoms with E-state index in [0.717, 1.165) is 5.56 Å². The molecule has 1 aliphatic heterocycles. The number of fused-ring (bicyclic) bond motifs is 1. The summed E-state index contributed by atoms with van der Waals surface area (Å²) in [5.41, 5.74) is 1.59. The average molecular weight is 416 g/mol. The van der Waals surface area contributed by atoms with Gasteiger partial charge in [-0.25, -0.2) is 8.78 Å². The second-order valence-electron chi connectivity index (χ2n) is 7.19. The third-order valence-electron chi connectivity index (χ3n) is 5.36. The number of hydrogen-bond donors (Lipinski definition) is 1. The Morgan fingerprint density at radius 1 is 1.10 bits per heavy atom. The van der Waals surface area contributed by atoms with Crippen LogP contribution in [0.1, 0.15) is 18.4 Å². The summed E-state index contributed by atoms with van der Waals surface area (Å²) in [6.07, 6.45) is 2.76. The minimum atomic E-state index is -0.385. The predicted molar refractivity (Wildman–Crippen MR) is 110 cm³/mol. The molecule has 2 heterocycles. The highest BCUT2D eigenvalue weighted by Crippen LogP contribution is 2.32. The molecular formula is C22H20ClF2N3O. The van der Waals surface area contributed by atoms with Gasteiger partial charge in [-0.3, -0.25) is 9.78 Å². The molecule has 0 aliphatic carbocycles. The first-order valence-corrected chi connectivity index (χ1v) is 9.90. The molecule has 0 radical (unpaired) electrons. The maximum Gasteiger partial charge on any atom is 0.223 e. The number of amides is 1. The summed E-state index contributed by atoms with van der Waals surface area (Å²) in [6.45, 7) is 1.53. The summed E-state index contributed by atoms with van der Waals surface area (Å²) >= 11 is 6.12. The Balaban J connectivity index is 1.38. The predicted octanol–water partition coefficient (Wildman–Crippen LogP) is 4.70. The van der Waals surface area contributed by atoms with E-state index in [1.807, 2.05) is 4.90 Å². The molecule has 7 heteroatoms. The van der Waals surface area contributed by atoms with E-state index in [1.54, 1.807) is 30.3 Å². The van der Waals surface area contributed by atoms with Gasteiger partial charge >= 0.3 is 0 Å². The molecular weight excluding hydrogens is 396 g/mol. The van der Waals surface area contributed by atoms with Crippen LogP contribution in [0.4, 0.5) is 14.5 Å². The van der Waals surface area contributed by atoms with Crippen molar-refractivity contribution in [3.05, 3.63) is 70.9 Å². The highest BCUT2D eigenvalue weighted by Gasteiger charge is 2.26. The van der Waals surface area contributed by atoms with Crippen molar-refractivity contribution in [1.82, 2.24) is 10.3 Å². The highest BCUT2D eigenvalue weighted by molar-refractivity contribution is 6.35. The van der Waals surface area contributed by atoms with Crippen LogP contribution in [0.2, 0.25) is 5.02 Å². The molecule has 0 atom stereocenters. The van der Waals surface area contributed by atoms with Gasteiger partial charge < -0.3 is 10.2 Å². The molecule has 1 saturated heterocycles. The largest absolute Gasteiger partial charge is 0.369 e. The second kappa shape index (κ2) is 8.33. The van der Waals surface area contributed by atoms with E-state index >= 15 is 0 Å². The van der Waals surface area contributed by atoms with Crippen LogP contribution in [0.3, 0.4) is 0 Å². The quantitative estimate of drug-likeness (QED) is 0.671. The van der Waals surface area contributed by atoms with Gasteiger partial charge in [-0.2, -0.15) is 0 Å². The molecule has 0 unspecified atom stereocenters. The van der Waals surface area contributed by atoms with Crippen molar-refractivity contribution in [2.24, 2.45) is 5.92 Å². The summed E-state index contributed by atoms with van der Waals surface area (Å²) in [6, 6.07) is 11.2. The first-order valence-electron chi connectivity index (χ1n) is 9.53. The standard InChI is InChI=1S/C22H20ClF2N3O/c23-18-7-10-26-21-17(18)5-6-19(20(21)25)28-11-8-15(9-12-28)22(29)27-13-14-1-3-16(24)4-2-14/h1-7,10,15H,8-9,11-13H2,(H,27,29). The number of hydrogen-bond acceptors (Lipinski definition) is 3. The summed E-state index contributed by atoms with van der Waals surface area (Å²) in [5.74, 6) is -0.834. The number of aromatic nitrogens is 1. The number of benzene rings is 2. The number of carbonyl (C=O) groups excluding carboxylic acids is 1. The maximum atomic E-state index is 15.0. The minimum absolute atomic E-state index is 0.0265. The van der Waals surface area contributed by atoms with Crippen molar-refractivity contribution < 1.29 is 13.6 Å². The number of piperidine rings is 1. The molecule has 1 amide bonds. The van der Waals surface area contributed by atoms with Crippen LogP contribution in [-0.2, 0) is 11.3 Å². The van der Waals surface area contributed by atoms with E-state index in [0.29, 0.717) is 48.6 Å². The summed E-state index contributed by atoms with van der Waals surface area (Å²) in [7, 11) is 0. The van der Waals surface area contributed by atoms with Gasteiger partial charge in [-0.1, -0.05) is 23.7 Å². The lowest BCUT2D eigenvalue weighted by Crippen LogP contribution is -2.40. The summed E-state index contributed by atoms with van der Waals surface area (Å²) in [5, 5.41) is 3.96. The van der Waals surface area contributed by atoms with E-state index in [9.17, 15) is 13.6 Å². The average Bonchev–Trinajstić information content (AvgIpc) is 2.74. The zero-order valence-electron chi connectivity index (χ0n) is 15.7. The van der Waals surface area contributed by atoms with Crippen molar-refractivity contribution in [2.75, 3.05) is 18.0 Å². The van der Waals surface area contributed by atoms with Gasteiger partial charge in [0.1, 0.15) is 11.3 Å². The first-order chi connectivity index (χ1) is 14.0. The van der Waals surface area contributed by atoms with E-state index in [1.165, 1.54) is 18.3 Å². The van der Waals surface area contributed by atoms with Gasteiger partial charge in [0.2, 0.25) is 5.91 Å². The highest BCUT2D eigenvalue weighted by atomic mass is 35.5. The zero-order chi connectivity index (χ0) is 20.4. The van der Waals surface area contributed by atoms with Crippen molar-refractivity contribution in [2.45, 2.75) is 19.4 Å². The monoisotopic (exact) mass is 415 g/mol. The van der Waals surface area contributed by atoms with Crippen LogP contribution in [0.5, 0.6) is 0 Å². The Labute approximate surface area is 172 Å². The number of pyridine rings is 1. The molecule has 0 saturated carbocycles. The maximum absolute atomic E-state index is 15.0. The van der Waals surface area contributed by atoms with Crippen molar-refractivity contribution in [3.63, 3.8) is 0 Å². The molecule has 4 rings (SSSR count). The molecule has 0 bridgehead atoms. The molecule has 1 N–H and O–H groups in total. The Morgan fingerprint density at radius 3 is 2.55 bits per heavy atom. The van der Waals surface area contributed by atoms with Crippen LogP contribution in [0.25, 0.3) is 10.9 Å². The van der Waals surface area contributed by atoms with Crippen LogP contribution in [-0.4, -0.2) is 24.0 Å². The van der Waals surface area contributed by atoms with E-state index in [-0.39, 0.29) is 29.0 Å². The van der Waals surface area contributed by atoms with Crippen molar-refractivity contribution >= 4 is 34.1 Å². The minimum Gasteiger partial charge on any atom is -0.369 e. The molecule has 0 spiro atoms. The lowest BCUT2D eigenvalue weighted by molar-refractivity contribution is -0.125. The van der Waals surface area contributed by atoms with Crippen molar-refractivity contribution in [3.8, 4) is 0 Å². The Hall–Kier alpha value is -2.73. The van der Waals surface area contributed by atoms with Crippen molar-refractivity contribution in [1.29, 1.82) is 0 Å². The second-order valence-corrected chi connectivity index (χ2v) is 7.60. The molecule has 29 heavy (non-hydrogen) atoms. The summed E-state index contributed by atoms with van der Waals surface area (Å²) in [4.78, 5) is 18.5. The molecule has 2 aromatic carbocycles. The molecule has 4 nitrogen and oxygen atoms in total. The van der Waals surface area contributed by atoms with E-state index in [4.69, 9.17) is 11.6 Å². The van der Waals surface area contributed by atoms with Gasteiger partial charge in [0.15, 0.2) is 5.82 Å². The summed E-state index contributed by atoms with van der Waals surface area (Å²) < 4.78 is 27.9. The first kappa shape index (κ1) is 19.6. The number of nitrogens with one attached hydrogen (secondary N) is 1. The Bertz CT molecular complexity index is 1030. The number of halogens is 3. The molecule has 1 aromatic heterocycles. The van der Waals surface area contributed by atoms with Gasteiger partial charge in [0.25, 0.3) is 0 Å². The number of rotatable bonds is 4. The van der Waals surface area contributed by atoms with Crippen LogP contribution >= 0.6 is 11.6 Å². The van der Waals surface area contributed by atoms with Gasteiger partial charge in [0, 0.05) is 37.1 Å².